The first kappa shape index (κ1) is 11.7. The number of aromatic nitrogens is 1. The van der Waals surface area contributed by atoms with Crippen LogP contribution >= 0.6 is 0 Å². The van der Waals surface area contributed by atoms with Gasteiger partial charge in [0.1, 0.15) is 17.3 Å². The lowest BCUT2D eigenvalue weighted by molar-refractivity contribution is 0.360. The van der Waals surface area contributed by atoms with Gasteiger partial charge in [-0.15, -0.1) is 0 Å². The molecule has 5 heteroatoms. The number of benzene rings is 1. The summed E-state index contributed by atoms with van der Waals surface area (Å²) in [5.41, 5.74) is 5.68. The van der Waals surface area contributed by atoms with E-state index in [1.54, 1.807) is 0 Å². The van der Waals surface area contributed by atoms with Crippen LogP contribution in [0.3, 0.4) is 0 Å². The highest BCUT2D eigenvalue weighted by Gasteiger charge is 2.17. The van der Waals surface area contributed by atoms with E-state index >= 15 is 0 Å². The van der Waals surface area contributed by atoms with Crippen molar-refractivity contribution in [2.45, 2.75) is 19.4 Å². The molecule has 0 fully saturated rings. The molecule has 2 aromatic rings. The van der Waals surface area contributed by atoms with Gasteiger partial charge in [-0.1, -0.05) is 18.1 Å². The van der Waals surface area contributed by atoms with Crippen molar-refractivity contribution >= 4 is 0 Å². The van der Waals surface area contributed by atoms with Crippen molar-refractivity contribution in [1.29, 1.82) is 0 Å². The molecule has 0 radical (unpaired) electrons. The second kappa shape index (κ2) is 4.63. The second-order valence-electron chi connectivity index (χ2n) is 3.73. The predicted octanol–water partition coefficient (Wildman–Crippen LogP) is 3.03. The molecule has 2 rings (SSSR count). The molecule has 0 aliphatic carbocycles. The van der Waals surface area contributed by atoms with Gasteiger partial charge in [0, 0.05) is 6.07 Å². The van der Waals surface area contributed by atoms with Crippen LogP contribution in [0.2, 0.25) is 0 Å². The van der Waals surface area contributed by atoms with Crippen molar-refractivity contribution in [2.24, 2.45) is 5.73 Å². The molecular formula is C12H12F2N2O. The maximum atomic E-state index is 13.5. The van der Waals surface area contributed by atoms with E-state index in [-0.39, 0.29) is 17.3 Å². The minimum atomic E-state index is -0.671. The van der Waals surface area contributed by atoms with Crippen molar-refractivity contribution in [1.82, 2.24) is 5.16 Å². The number of hydrogen-bond acceptors (Lipinski definition) is 3. The fourth-order valence-electron chi connectivity index (χ4n) is 1.53. The van der Waals surface area contributed by atoms with Crippen LogP contribution in [0.1, 0.15) is 25.1 Å². The largest absolute Gasteiger partial charge is 0.359 e. The van der Waals surface area contributed by atoms with Gasteiger partial charge in [0.05, 0.1) is 11.6 Å². The summed E-state index contributed by atoms with van der Waals surface area (Å²) in [5, 5.41) is 3.64. The Morgan fingerprint density at radius 2 is 2.00 bits per heavy atom. The maximum Gasteiger partial charge on any atom is 0.154 e. The molecule has 2 N–H and O–H groups in total. The van der Waals surface area contributed by atoms with Crippen LogP contribution in [0.5, 0.6) is 0 Å². The Kier molecular flexibility index (Phi) is 3.19. The summed E-state index contributed by atoms with van der Waals surface area (Å²) in [6.45, 7) is 1.89. The zero-order valence-electron chi connectivity index (χ0n) is 9.28. The third-order valence-corrected chi connectivity index (χ3v) is 2.55. The fourth-order valence-corrected chi connectivity index (χ4v) is 1.53. The Balaban J connectivity index is 2.44. The number of rotatable bonds is 3. The van der Waals surface area contributed by atoms with E-state index in [9.17, 15) is 8.78 Å². The zero-order chi connectivity index (χ0) is 12.4. The number of nitrogens with zero attached hydrogens (tertiary/aromatic N) is 1. The van der Waals surface area contributed by atoms with E-state index in [4.69, 9.17) is 10.3 Å². The summed E-state index contributed by atoms with van der Waals surface area (Å²) in [5.74, 6) is -0.921. The summed E-state index contributed by atoms with van der Waals surface area (Å²) in [4.78, 5) is 0. The van der Waals surface area contributed by atoms with E-state index in [2.05, 4.69) is 5.16 Å². The summed E-state index contributed by atoms with van der Waals surface area (Å²) in [6.07, 6.45) is 0.661. The topological polar surface area (TPSA) is 52.0 Å². The quantitative estimate of drug-likeness (QED) is 0.894. The highest BCUT2D eigenvalue weighted by Crippen LogP contribution is 2.27. The van der Waals surface area contributed by atoms with Crippen LogP contribution in [-0.4, -0.2) is 5.16 Å². The minimum Gasteiger partial charge on any atom is -0.359 e. The Bertz CT molecular complexity index is 505. The molecule has 0 aliphatic rings. The van der Waals surface area contributed by atoms with Crippen molar-refractivity contribution in [3.63, 3.8) is 0 Å². The molecule has 17 heavy (non-hydrogen) atoms. The highest BCUT2D eigenvalue weighted by molar-refractivity contribution is 5.60. The van der Waals surface area contributed by atoms with Crippen LogP contribution in [0, 0.1) is 11.6 Å². The fraction of sp³-hybridized carbons (Fsp3) is 0.250. The van der Waals surface area contributed by atoms with Gasteiger partial charge in [-0.2, -0.15) is 0 Å². The SMILES string of the molecule is CCC(N)c1cc(-c2c(F)cccc2F)no1. The van der Waals surface area contributed by atoms with Crippen LogP contribution in [0.4, 0.5) is 8.78 Å². The summed E-state index contributed by atoms with van der Waals surface area (Å²) < 4.78 is 31.9. The normalized spacial score (nSPS) is 12.7. The van der Waals surface area contributed by atoms with Crippen molar-refractivity contribution in [3.05, 3.63) is 41.7 Å². The van der Waals surface area contributed by atoms with Crippen LogP contribution in [0.25, 0.3) is 11.3 Å². The first-order valence-corrected chi connectivity index (χ1v) is 5.30. The molecule has 3 nitrogen and oxygen atoms in total. The van der Waals surface area contributed by atoms with E-state index < -0.39 is 11.6 Å². The first-order chi connectivity index (χ1) is 8.13. The van der Waals surface area contributed by atoms with E-state index in [1.807, 2.05) is 6.92 Å². The molecule has 0 saturated heterocycles. The lowest BCUT2D eigenvalue weighted by Crippen LogP contribution is -2.06. The van der Waals surface area contributed by atoms with Gasteiger partial charge in [-0.25, -0.2) is 8.78 Å². The van der Waals surface area contributed by atoms with E-state index in [0.29, 0.717) is 12.2 Å². The van der Waals surface area contributed by atoms with E-state index in [1.165, 1.54) is 24.3 Å². The molecule has 0 bridgehead atoms. The lowest BCUT2D eigenvalue weighted by atomic mass is 10.1. The third-order valence-electron chi connectivity index (χ3n) is 2.55. The van der Waals surface area contributed by atoms with Gasteiger partial charge in [0.15, 0.2) is 5.76 Å². The molecule has 0 amide bonds. The third kappa shape index (κ3) is 2.19. The molecule has 1 heterocycles. The number of hydrogen-bond donors (Lipinski definition) is 1. The molecule has 0 aliphatic heterocycles. The van der Waals surface area contributed by atoms with Gasteiger partial charge in [0.2, 0.25) is 0 Å². The van der Waals surface area contributed by atoms with Gasteiger partial charge in [0.25, 0.3) is 0 Å². The highest BCUT2D eigenvalue weighted by atomic mass is 19.1. The average molecular weight is 238 g/mol. The van der Waals surface area contributed by atoms with Crippen LogP contribution < -0.4 is 5.73 Å². The summed E-state index contributed by atoms with van der Waals surface area (Å²) in [6, 6.07) is 4.80. The molecule has 1 aromatic heterocycles. The molecule has 1 unspecified atom stereocenters. The lowest BCUT2D eigenvalue weighted by Gasteiger charge is -2.01. The predicted molar refractivity (Wildman–Crippen MR) is 59.1 cm³/mol. The molecule has 1 atom stereocenters. The second-order valence-corrected chi connectivity index (χ2v) is 3.73. The minimum absolute atomic E-state index is 0.125. The van der Waals surface area contributed by atoms with Crippen molar-refractivity contribution < 1.29 is 13.3 Å². The smallest absolute Gasteiger partial charge is 0.154 e. The molecule has 0 saturated carbocycles. The molecule has 0 spiro atoms. The molecular weight excluding hydrogens is 226 g/mol. The number of nitrogens with two attached hydrogens (primary N) is 1. The zero-order valence-corrected chi connectivity index (χ0v) is 9.28. The van der Waals surface area contributed by atoms with Crippen molar-refractivity contribution in [3.8, 4) is 11.3 Å². The summed E-state index contributed by atoms with van der Waals surface area (Å²) >= 11 is 0. The molecule has 1 aromatic carbocycles. The van der Waals surface area contributed by atoms with Gasteiger partial charge < -0.3 is 10.3 Å². The monoisotopic (exact) mass is 238 g/mol. The number of halogens is 2. The first-order valence-electron chi connectivity index (χ1n) is 5.30. The average Bonchev–Trinajstić information content (AvgIpc) is 2.77. The Hall–Kier alpha value is -1.75. The van der Waals surface area contributed by atoms with Crippen LogP contribution in [-0.2, 0) is 0 Å². The molecule has 90 valence electrons. The maximum absolute atomic E-state index is 13.5. The summed E-state index contributed by atoms with van der Waals surface area (Å²) in [7, 11) is 0. The van der Waals surface area contributed by atoms with Gasteiger partial charge >= 0.3 is 0 Å². The van der Waals surface area contributed by atoms with E-state index in [0.717, 1.165) is 0 Å². The van der Waals surface area contributed by atoms with Gasteiger partial charge in [-0.05, 0) is 18.6 Å². The Morgan fingerprint density at radius 1 is 1.35 bits per heavy atom. The van der Waals surface area contributed by atoms with Gasteiger partial charge in [-0.3, -0.25) is 0 Å². The van der Waals surface area contributed by atoms with Crippen LogP contribution in [0.15, 0.2) is 28.8 Å². The Labute approximate surface area is 97.2 Å². The van der Waals surface area contributed by atoms with Crippen molar-refractivity contribution in [2.75, 3.05) is 0 Å². The standard InChI is InChI=1S/C12H12F2N2O/c1-2-9(15)11-6-10(16-17-11)12-7(13)4-3-5-8(12)14/h3-6,9H,2,15H2,1H3. The Morgan fingerprint density at radius 3 is 2.59 bits per heavy atom.